The van der Waals surface area contributed by atoms with Crippen LogP contribution in [0.25, 0.3) is 0 Å². The maximum absolute atomic E-state index is 12.2. The Labute approximate surface area is 125 Å². The average molecular weight is 286 g/mol. The molecule has 21 heavy (non-hydrogen) atoms. The molecule has 1 atom stereocenters. The molecule has 0 radical (unpaired) electrons. The molecule has 2 aromatic rings. The van der Waals surface area contributed by atoms with Crippen LogP contribution in [0.3, 0.4) is 0 Å². The zero-order chi connectivity index (χ0) is 15.2. The summed E-state index contributed by atoms with van der Waals surface area (Å²) in [5.41, 5.74) is 2.75. The summed E-state index contributed by atoms with van der Waals surface area (Å²) in [5.74, 6) is -0.0625. The summed E-state index contributed by atoms with van der Waals surface area (Å²) in [6.45, 7) is 6.80. The van der Waals surface area contributed by atoms with Crippen molar-refractivity contribution in [3.8, 4) is 0 Å². The molecule has 1 aromatic heterocycles. The van der Waals surface area contributed by atoms with Crippen LogP contribution in [-0.2, 0) is 11.3 Å². The maximum atomic E-state index is 12.2. The van der Waals surface area contributed by atoms with E-state index in [-0.39, 0.29) is 11.9 Å². The van der Waals surface area contributed by atoms with Crippen molar-refractivity contribution in [2.24, 2.45) is 0 Å². The summed E-state index contributed by atoms with van der Waals surface area (Å²) in [7, 11) is 0. The minimum atomic E-state index is -0.330. The number of carbonyl (C=O) groups excluding carboxylic acids is 1. The second-order valence-electron chi connectivity index (χ2n) is 5.16. The quantitative estimate of drug-likeness (QED) is 0.858. The Morgan fingerprint density at radius 1 is 1.38 bits per heavy atom. The molecule has 0 aliphatic carbocycles. The van der Waals surface area contributed by atoms with Gasteiger partial charge < -0.3 is 10.6 Å². The Hall–Kier alpha value is -2.30. The number of aryl methyl sites for hydroxylation is 2. The number of carbonyl (C=O) groups is 1. The Morgan fingerprint density at radius 2 is 2.14 bits per heavy atom. The van der Waals surface area contributed by atoms with Crippen molar-refractivity contribution in [3.63, 3.8) is 0 Å². The third kappa shape index (κ3) is 4.08. The molecule has 1 amide bonds. The standard InChI is InChI=1S/C16H22N4O/c1-4-9-20-11-14(10-17-20)18-13(3)16(21)19-15-8-6-5-7-12(15)2/h5-8,10-11,13,18H,4,9H2,1-3H3,(H,19,21)/t13-/m1/s1. The van der Waals surface area contributed by atoms with E-state index in [1.807, 2.05) is 49.0 Å². The summed E-state index contributed by atoms with van der Waals surface area (Å²) in [6.07, 6.45) is 4.69. The molecule has 0 saturated carbocycles. The van der Waals surface area contributed by atoms with E-state index in [9.17, 15) is 4.79 Å². The van der Waals surface area contributed by atoms with E-state index in [0.717, 1.165) is 29.9 Å². The number of benzene rings is 1. The SMILES string of the molecule is CCCn1cc(N[C@H](C)C(=O)Nc2ccccc2C)cn1. The lowest BCUT2D eigenvalue weighted by molar-refractivity contribution is -0.116. The first-order chi connectivity index (χ1) is 10.1. The van der Waals surface area contributed by atoms with Gasteiger partial charge in [-0.25, -0.2) is 0 Å². The van der Waals surface area contributed by atoms with Gasteiger partial charge in [-0.3, -0.25) is 9.48 Å². The minimum Gasteiger partial charge on any atom is -0.371 e. The smallest absolute Gasteiger partial charge is 0.246 e. The van der Waals surface area contributed by atoms with Crippen LogP contribution in [0.15, 0.2) is 36.7 Å². The molecule has 0 unspecified atom stereocenters. The van der Waals surface area contributed by atoms with Gasteiger partial charge in [0, 0.05) is 18.4 Å². The largest absolute Gasteiger partial charge is 0.371 e. The van der Waals surface area contributed by atoms with Gasteiger partial charge in [0.05, 0.1) is 11.9 Å². The van der Waals surface area contributed by atoms with Gasteiger partial charge in [-0.1, -0.05) is 25.1 Å². The van der Waals surface area contributed by atoms with E-state index in [1.165, 1.54) is 0 Å². The number of amides is 1. The molecule has 5 nitrogen and oxygen atoms in total. The van der Waals surface area contributed by atoms with Crippen molar-refractivity contribution < 1.29 is 4.79 Å². The molecule has 2 N–H and O–H groups in total. The molecule has 5 heteroatoms. The highest BCUT2D eigenvalue weighted by atomic mass is 16.2. The number of nitrogens with zero attached hydrogens (tertiary/aromatic N) is 2. The van der Waals surface area contributed by atoms with Crippen LogP contribution < -0.4 is 10.6 Å². The van der Waals surface area contributed by atoms with Crippen molar-refractivity contribution in [2.75, 3.05) is 10.6 Å². The number of aromatic nitrogens is 2. The first kappa shape index (κ1) is 15.1. The van der Waals surface area contributed by atoms with Crippen LogP contribution in [0.2, 0.25) is 0 Å². The van der Waals surface area contributed by atoms with Crippen molar-refractivity contribution in [2.45, 2.75) is 39.8 Å². The van der Waals surface area contributed by atoms with Crippen LogP contribution in [0.5, 0.6) is 0 Å². The molecule has 1 heterocycles. The summed E-state index contributed by atoms with van der Waals surface area (Å²) in [5, 5.41) is 10.3. The third-order valence-corrected chi connectivity index (χ3v) is 3.27. The lowest BCUT2D eigenvalue weighted by Crippen LogP contribution is -2.31. The van der Waals surface area contributed by atoms with Gasteiger partial charge in [0.1, 0.15) is 6.04 Å². The molecule has 0 aliphatic heterocycles. The minimum absolute atomic E-state index is 0.0625. The highest BCUT2D eigenvalue weighted by Gasteiger charge is 2.14. The van der Waals surface area contributed by atoms with Gasteiger partial charge in [-0.2, -0.15) is 5.10 Å². The van der Waals surface area contributed by atoms with Crippen molar-refractivity contribution in [1.29, 1.82) is 0 Å². The first-order valence-corrected chi connectivity index (χ1v) is 7.25. The molecular formula is C16H22N4O. The van der Waals surface area contributed by atoms with E-state index in [1.54, 1.807) is 6.20 Å². The van der Waals surface area contributed by atoms with E-state index >= 15 is 0 Å². The van der Waals surface area contributed by atoms with Gasteiger partial charge in [0.25, 0.3) is 0 Å². The van der Waals surface area contributed by atoms with E-state index in [2.05, 4.69) is 22.7 Å². The highest BCUT2D eigenvalue weighted by Crippen LogP contribution is 2.14. The molecule has 0 bridgehead atoms. The van der Waals surface area contributed by atoms with Gasteiger partial charge in [-0.15, -0.1) is 0 Å². The van der Waals surface area contributed by atoms with Gasteiger partial charge >= 0.3 is 0 Å². The highest BCUT2D eigenvalue weighted by molar-refractivity contribution is 5.96. The number of nitrogens with one attached hydrogen (secondary N) is 2. The van der Waals surface area contributed by atoms with Crippen LogP contribution in [0.1, 0.15) is 25.8 Å². The molecule has 2 rings (SSSR count). The number of anilines is 2. The molecule has 1 aromatic carbocycles. The lowest BCUT2D eigenvalue weighted by Gasteiger charge is -2.15. The number of para-hydroxylation sites is 1. The summed E-state index contributed by atoms with van der Waals surface area (Å²) in [4.78, 5) is 12.2. The summed E-state index contributed by atoms with van der Waals surface area (Å²) in [6, 6.07) is 7.41. The van der Waals surface area contributed by atoms with Gasteiger partial charge in [0.2, 0.25) is 5.91 Å². The Bertz CT molecular complexity index is 606. The van der Waals surface area contributed by atoms with Crippen LogP contribution in [0.4, 0.5) is 11.4 Å². The second-order valence-corrected chi connectivity index (χ2v) is 5.16. The van der Waals surface area contributed by atoms with Crippen LogP contribution >= 0.6 is 0 Å². The van der Waals surface area contributed by atoms with Crippen molar-refractivity contribution in [3.05, 3.63) is 42.2 Å². The van der Waals surface area contributed by atoms with E-state index in [0.29, 0.717) is 0 Å². The third-order valence-electron chi connectivity index (χ3n) is 3.27. The molecule has 0 fully saturated rings. The number of rotatable bonds is 6. The molecular weight excluding hydrogens is 264 g/mol. The fraction of sp³-hybridized carbons (Fsp3) is 0.375. The Balaban J connectivity index is 1.94. The monoisotopic (exact) mass is 286 g/mol. The first-order valence-electron chi connectivity index (χ1n) is 7.25. The fourth-order valence-corrected chi connectivity index (χ4v) is 2.06. The predicted molar refractivity (Wildman–Crippen MR) is 85.4 cm³/mol. The van der Waals surface area contributed by atoms with E-state index in [4.69, 9.17) is 0 Å². The summed E-state index contributed by atoms with van der Waals surface area (Å²) >= 11 is 0. The summed E-state index contributed by atoms with van der Waals surface area (Å²) < 4.78 is 1.87. The predicted octanol–water partition coefficient (Wildman–Crippen LogP) is 3.04. The molecule has 112 valence electrons. The topological polar surface area (TPSA) is 59.0 Å². The average Bonchev–Trinajstić information content (AvgIpc) is 2.89. The zero-order valence-corrected chi connectivity index (χ0v) is 12.8. The van der Waals surface area contributed by atoms with Gasteiger partial charge in [-0.05, 0) is 31.9 Å². The van der Waals surface area contributed by atoms with Crippen molar-refractivity contribution in [1.82, 2.24) is 9.78 Å². The second kappa shape index (κ2) is 6.92. The van der Waals surface area contributed by atoms with Gasteiger partial charge in [0.15, 0.2) is 0 Å². The maximum Gasteiger partial charge on any atom is 0.246 e. The van der Waals surface area contributed by atoms with Crippen LogP contribution in [0, 0.1) is 6.92 Å². The number of hydrogen-bond acceptors (Lipinski definition) is 3. The van der Waals surface area contributed by atoms with Crippen molar-refractivity contribution >= 4 is 17.3 Å². The molecule has 0 saturated heterocycles. The molecule has 0 aliphatic rings. The molecule has 0 spiro atoms. The zero-order valence-electron chi connectivity index (χ0n) is 12.8. The fourth-order valence-electron chi connectivity index (χ4n) is 2.06. The lowest BCUT2D eigenvalue weighted by atomic mass is 10.2. The van der Waals surface area contributed by atoms with Crippen LogP contribution in [-0.4, -0.2) is 21.7 Å². The Kier molecular flexibility index (Phi) is 4.98. The number of hydrogen-bond donors (Lipinski definition) is 2. The van der Waals surface area contributed by atoms with E-state index < -0.39 is 0 Å². The normalized spacial score (nSPS) is 12.0. The Morgan fingerprint density at radius 3 is 2.86 bits per heavy atom.